The Morgan fingerprint density at radius 3 is 2.69 bits per heavy atom. The van der Waals surface area contributed by atoms with Gasteiger partial charge in [-0.1, -0.05) is 29.3 Å². The number of hydrogen-bond acceptors (Lipinski definition) is 7. The Morgan fingerprint density at radius 1 is 1.21 bits per heavy atom. The van der Waals surface area contributed by atoms with Crippen LogP contribution in [-0.2, 0) is 6.61 Å². The first kappa shape index (κ1) is 20.6. The monoisotopic (exact) mass is 433 g/mol. The van der Waals surface area contributed by atoms with E-state index in [0.717, 1.165) is 5.56 Å². The summed E-state index contributed by atoms with van der Waals surface area (Å²) in [6, 6.07) is 10.6. The molecule has 150 valence electrons. The number of benzene rings is 2. The van der Waals surface area contributed by atoms with Crippen LogP contribution in [0.1, 0.15) is 16.8 Å². The number of methoxy groups -OCH3 is 1. The number of ether oxygens (including phenoxy) is 2. The van der Waals surface area contributed by atoms with Gasteiger partial charge in [0.1, 0.15) is 12.3 Å². The molecule has 0 spiro atoms. The van der Waals surface area contributed by atoms with Crippen LogP contribution in [0.15, 0.2) is 46.3 Å². The molecule has 0 unspecified atom stereocenters. The summed E-state index contributed by atoms with van der Waals surface area (Å²) in [5.74, 6) is 1.32. The third kappa shape index (κ3) is 5.24. The highest BCUT2D eigenvalue weighted by Crippen LogP contribution is 2.31. The molecule has 0 aliphatic rings. The molecule has 0 aliphatic carbocycles. The fraction of sp³-hybridized carbons (Fsp3) is 0.158. The number of rotatable bonds is 7. The Bertz CT molecular complexity index is 1080. The third-order valence-corrected chi connectivity index (χ3v) is 4.59. The van der Waals surface area contributed by atoms with E-state index in [9.17, 15) is 4.79 Å². The summed E-state index contributed by atoms with van der Waals surface area (Å²) >= 11 is 12.3. The van der Waals surface area contributed by atoms with E-state index in [-0.39, 0.29) is 12.4 Å². The number of anilines is 1. The summed E-state index contributed by atoms with van der Waals surface area (Å²) in [5.41, 5.74) is 4.08. The standard InChI is InChI=1S/C19H17Cl2N5O3/c1-11-18(23-19(27)26-24-11)25-22-9-12-6-7-16(17(8-12)28-2)29-10-13-14(20)4-3-5-15(13)21/h3-9H,10H2,1-2H3,(H2,23,25,26,27)/b22-9-. The van der Waals surface area contributed by atoms with Gasteiger partial charge in [0.05, 0.1) is 13.3 Å². The van der Waals surface area contributed by atoms with Crippen LogP contribution < -0.4 is 20.6 Å². The van der Waals surface area contributed by atoms with Crippen LogP contribution >= 0.6 is 23.2 Å². The number of hydrazone groups is 1. The first-order chi connectivity index (χ1) is 14.0. The van der Waals surface area contributed by atoms with Crippen molar-refractivity contribution < 1.29 is 9.47 Å². The normalized spacial score (nSPS) is 10.9. The van der Waals surface area contributed by atoms with E-state index in [2.05, 4.69) is 25.7 Å². The van der Waals surface area contributed by atoms with Crippen LogP contribution in [0.25, 0.3) is 0 Å². The maximum atomic E-state index is 11.2. The molecule has 3 aromatic rings. The van der Waals surface area contributed by atoms with Gasteiger partial charge in [0.15, 0.2) is 17.3 Å². The van der Waals surface area contributed by atoms with Gasteiger partial charge >= 0.3 is 5.69 Å². The second-order valence-electron chi connectivity index (χ2n) is 5.84. The Kier molecular flexibility index (Phi) is 6.69. The smallest absolute Gasteiger partial charge is 0.363 e. The number of aromatic amines is 1. The molecule has 0 saturated heterocycles. The predicted octanol–water partition coefficient (Wildman–Crippen LogP) is 3.81. The highest BCUT2D eigenvalue weighted by molar-refractivity contribution is 6.35. The lowest BCUT2D eigenvalue weighted by molar-refractivity contribution is 0.284. The summed E-state index contributed by atoms with van der Waals surface area (Å²) < 4.78 is 11.2. The molecule has 0 amide bonds. The number of aromatic nitrogens is 3. The molecule has 0 radical (unpaired) electrons. The zero-order chi connectivity index (χ0) is 20.8. The SMILES string of the molecule is COc1cc(/C=N\Nc2nc(=O)[nH]nc2C)ccc1OCc1c(Cl)cccc1Cl. The molecule has 0 aliphatic heterocycles. The van der Waals surface area contributed by atoms with Crippen LogP contribution in [0.4, 0.5) is 5.82 Å². The quantitative estimate of drug-likeness (QED) is 0.433. The summed E-state index contributed by atoms with van der Waals surface area (Å²) in [6.07, 6.45) is 1.56. The molecule has 0 bridgehead atoms. The Labute approximate surface area is 176 Å². The number of halogens is 2. The molecule has 0 atom stereocenters. The van der Waals surface area contributed by atoms with Gasteiger partial charge in [0, 0.05) is 15.6 Å². The summed E-state index contributed by atoms with van der Waals surface area (Å²) in [4.78, 5) is 15.0. The summed E-state index contributed by atoms with van der Waals surface area (Å²) in [7, 11) is 1.54. The van der Waals surface area contributed by atoms with E-state index in [4.69, 9.17) is 32.7 Å². The molecule has 10 heteroatoms. The predicted molar refractivity (Wildman–Crippen MR) is 112 cm³/mol. The molecule has 29 heavy (non-hydrogen) atoms. The molecule has 0 fully saturated rings. The van der Waals surface area contributed by atoms with Gasteiger partial charge in [0.25, 0.3) is 0 Å². The van der Waals surface area contributed by atoms with E-state index in [0.29, 0.717) is 32.8 Å². The minimum Gasteiger partial charge on any atom is -0.493 e. The van der Waals surface area contributed by atoms with Crippen molar-refractivity contribution in [3.8, 4) is 11.5 Å². The molecular formula is C19H17Cl2N5O3. The van der Waals surface area contributed by atoms with Crippen molar-refractivity contribution in [2.45, 2.75) is 13.5 Å². The van der Waals surface area contributed by atoms with Gasteiger partial charge in [-0.25, -0.2) is 9.89 Å². The van der Waals surface area contributed by atoms with Crippen LogP contribution in [0.2, 0.25) is 10.0 Å². The Hall–Kier alpha value is -3.10. The highest BCUT2D eigenvalue weighted by atomic mass is 35.5. The zero-order valence-corrected chi connectivity index (χ0v) is 17.1. The van der Waals surface area contributed by atoms with Crippen LogP contribution in [0.5, 0.6) is 11.5 Å². The average molecular weight is 434 g/mol. The molecule has 1 heterocycles. The highest BCUT2D eigenvalue weighted by Gasteiger charge is 2.10. The van der Waals surface area contributed by atoms with Crippen LogP contribution in [-0.4, -0.2) is 28.5 Å². The zero-order valence-electron chi connectivity index (χ0n) is 15.6. The van der Waals surface area contributed by atoms with E-state index in [1.54, 1.807) is 56.6 Å². The van der Waals surface area contributed by atoms with Crippen LogP contribution in [0.3, 0.4) is 0 Å². The van der Waals surface area contributed by atoms with Gasteiger partial charge in [0.2, 0.25) is 0 Å². The van der Waals surface area contributed by atoms with E-state index < -0.39 is 5.69 Å². The number of H-pyrrole nitrogens is 1. The van der Waals surface area contributed by atoms with Crippen molar-refractivity contribution in [1.82, 2.24) is 15.2 Å². The van der Waals surface area contributed by atoms with Crippen molar-refractivity contribution >= 4 is 35.2 Å². The van der Waals surface area contributed by atoms with E-state index in [1.165, 1.54) is 0 Å². The molecular weight excluding hydrogens is 417 g/mol. The van der Waals surface area contributed by atoms with Crippen molar-refractivity contribution in [3.05, 3.63) is 73.7 Å². The number of hydrogen-bond donors (Lipinski definition) is 2. The Morgan fingerprint density at radius 2 is 1.97 bits per heavy atom. The molecule has 2 N–H and O–H groups in total. The van der Waals surface area contributed by atoms with Crippen molar-refractivity contribution in [3.63, 3.8) is 0 Å². The van der Waals surface area contributed by atoms with Gasteiger partial charge in [-0.05, 0) is 42.8 Å². The summed E-state index contributed by atoms with van der Waals surface area (Å²) in [6.45, 7) is 1.89. The lowest BCUT2D eigenvalue weighted by atomic mass is 10.2. The lowest BCUT2D eigenvalue weighted by Crippen LogP contribution is -2.15. The number of nitrogens with zero attached hydrogens (tertiary/aromatic N) is 3. The maximum Gasteiger partial charge on any atom is 0.363 e. The fourth-order valence-corrected chi connectivity index (χ4v) is 2.88. The first-order valence-corrected chi connectivity index (χ1v) is 9.19. The molecule has 0 saturated carbocycles. The number of aryl methyl sites for hydroxylation is 1. The van der Waals surface area contributed by atoms with Crippen molar-refractivity contribution in [1.29, 1.82) is 0 Å². The second kappa shape index (κ2) is 9.40. The fourth-order valence-electron chi connectivity index (χ4n) is 2.37. The van der Waals surface area contributed by atoms with Crippen molar-refractivity contribution in [2.24, 2.45) is 5.10 Å². The van der Waals surface area contributed by atoms with Gasteiger partial charge in [-0.15, -0.1) is 0 Å². The maximum absolute atomic E-state index is 11.2. The minimum absolute atomic E-state index is 0.199. The van der Waals surface area contributed by atoms with Crippen molar-refractivity contribution in [2.75, 3.05) is 12.5 Å². The third-order valence-electron chi connectivity index (χ3n) is 3.88. The Balaban J connectivity index is 1.71. The van der Waals surface area contributed by atoms with E-state index in [1.807, 2.05) is 0 Å². The van der Waals surface area contributed by atoms with Gasteiger partial charge in [-0.3, -0.25) is 5.43 Å². The van der Waals surface area contributed by atoms with Crippen LogP contribution in [0, 0.1) is 6.92 Å². The largest absolute Gasteiger partial charge is 0.493 e. The average Bonchev–Trinajstić information content (AvgIpc) is 2.70. The molecule has 1 aromatic heterocycles. The second-order valence-corrected chi connectivity index (χ2v) is 6.66. The summed E-state index contributed by atoms with van der Waals surface area (Å²) in [5, 5.41) is 11.2. The number of nitrogens with one attached hydrogen (secondary N) is 2. The lowest BCUT2D eigenvalue weighted by Gasteiger charge is -2.13. The minimum atomic E-state index is -0.560. The first-order valence-electron chi connectivity index (χ1n) is 8.44. The molecule has 2 aromatic carbocycles. The van der Waals surface area contributed by atoms with E-state index >= 15 is 0 Å². The topological polar surface area (TPSA) is 101 Å². The molecule has 8 nitrogen and oxygen atoms in total. The van der Waals surface area contributed by atoms with Gasteiger partial charge in [-0.2, -0.15) is 15.2 Å². The van der Waals surface area contributed by atoms with Gasteiger partial charge < -0.3 is 9.47 Å². The molecule has 3 rings (SSSR count).